The van der Waals surface area contributed by atoms with Crippen LogP contribution in [0.15, 0.2) is 200 Å². The standard InChI is InChI=1S/C67H53BN2S/c1-40(2)45-27-32-50(44-17-9-7-10-18-44)54(37-45)47-29-34-58-59(39-47)69(48-19-11-8-12-20-48)60-35-43(6)36-61-63(60)68(58)66-64(70(61)49-30-25-42(5)26-31-49)62-53-33-28-46(41(3)4)38-57(53)67(65(62)71-66)55-23-15-13-21-51(55)52-22-14-16-24-56(52)67/h7-41H,1-6H3. The van der Waals surface area contributed by atoms with Gasteiger partial charge in [-0.25, -0.2) is 0 Å². The quantitative estimate of drug-likeness (QED) is 0.153. The summed E-state index contributed by atoms with van der Waals surface area (Å²) in [5, 5.41) is 0. The number of rotatable bonds is 6. The summed E-state index contributed by atoms with van der Waals surface area (Å²) in [6.45, 7) is 13.7. The normalized spacial score (nSPS) is 14.1. The molecule has 9 aromatic carbocycles. The minimum atomic E-state index is -0.471. The third-order valence-electron chi connectivity index (χ3n) is 16.1. The van der Waals surface area contributed by atoms with Gasteiger partial charge in [-0.15, -0.1) is 11.3 Å². The first-order valence-electron chi connectivity index (χ1n) is 25.4. The summed E-state index contributed by atoms with van der Waals surface area (Å²) in [7, 11) is 0. The summed E-state index contributed by atoms with van der Waals surface area (Å²) in [4.78, 5) is 6.66. The van der Waals surface area contributed by atoms with E-state index < -0.39 is 5.41 Å². The molecule has 1 spiro atoms. The number of nitrogens with zero attached hydrogens (tertiary/aromatic N) is 2. The van der Waals surface area contributed by atoms with Gasteiger partial charge in [0.2, 0.25) is 0 Å². The first-order valence-corrected chi connectivity index (χ1v) is 26.2. The summed E-state index contributed by atoms with van der Waals surface area (Å²) < 4.78 is 1.40. The molecule has 2 aliphatic carbocycles. The molecule has 14 rings (SSSR count). The van der Waals surface area contributed by atoms with Gasteiger partial charge in [0.05, 0.1) is 11.1 Å². The Morgan fingerprint density at radius 3 is 1.70 bits per heavy atom. The molecular formula is C67H53BN2S. The Bertz CT molecular complexity index is 3760. The van der Waals surface area contributed by atoms with E-state index in [1.165, 1.54) is 132 Å². The van der Waals surface area contributed by atoms with Crippen molar-refractivity contribution in [1.29, 1.82) is 0 Å². The van der Waals surface area contributed by atoms with Gasteiger partial charge in [-0.1, -0.05) is 191 Å². The zero-order valence-corrected chi connectivity index (χ0v) is 41.9. The molecule has 71 heavy (non-hydrogen) atoms. The Morgan fingerprint density at radius 1 is 0.437 bits per heavy atom. The Hall–Kier alpha value is -7.66. The molecule has 1 aromatic heterocycles. The fourth-order valence-electron chi connectivity index (χ4n) is 12.8. The average Bonchev–Trinajstić information content (AvgIpc) is 4.03. The van der Waals surface area contributed by atoms with Gasteiger partial charge in [0.1, 0.15) is 0 Å². The number of benzene rings is 9. The molecular weight excluding hydrogens is 876 g/mol. The van der Waals surface area contributed by atoms with Crippen molar-refractivity contribution in [3.63, 3.8) is 0 Å². The highest BCUT2D eigenvalue weighted by atomic mass is 32.1. The van der Waals surface area contributed by atoms with Crippen molar-refractivity contribution in [2.24, 2.45) is 0 Å². The highest BCUT2D eigenvalue weighted by Crippen LogP contribution is 2.67. The van der Waals surface area contributed by atoms with Crippen molar-refractivity contribution >= 4 is 67.9 Å². The predicted molar refractivity (Wildman–Crippen MR) is 303 cm³/mol. The maximum atomic E-state index is 2.66. The van der Waals surface area contributed by atoms with E-state index in [1.54, 1.807) is 0 Å². The molecule has 0 fully saturated rings. The maximum Gasteiger partial charge on any atom is 0.264 e. The Labute approximate surface area is 422 Å². The third-order valence-corrected chi connectivity index (χ3v) is 17.5. The Balaban J connectivity index is 1.11. The van der Waals surface area contributed by atoms with Crippen molar-refractivity contribution in [3.05, 3.63) is 244 Å². The van der Waals surface area contributed by atoms with Crippen LogP contribution < -0.4 is 25.5 Å². The molecule has 0 saturated heterocycles. The topological polar surface area (TPSA) is 6.48 Å². The summed E-state index contributed by atoms with van der Waals surface area (Å²) in [6, 6.07) is 76.7. The summed E-state index contributed by atoms with van der Waals surface area (Å²) in [5.74, 6) is 0.786. The molecule has 0 saturated carbocycles. The predicted octanol–water partition coefficient (Wildman–Crippen LogP) is 16.4. The number of hydrogen-bond acceptors (Lipinski definition) is 3. The molecule has 10 aromatic rings. The SMILES string of the molecule is Cc1ccc(N2c3cc(C)cc4c3B(c3ccc(-c5cc(C(C)C)ccc5-c5ccccc5)cc3N4c3ccccc3)c3sc4c(c32)-c2ccc(C(C)C)cc2C42c3ccccc3-c3ccccc32)cc1. The van der Waals surface area contributed by atoms with Gasteiger partial charge in [0, 0.05) is 43.7 Å². The minimum Gasteiger partial charge on any atom is -0.311 e. The van der Waals surface area contributed by atoms with E-state index in [0.29, 0.717) is 11.8 Å². The summed E-state index contributed by atoms with van der Waals surface area (Å²) >= 11 is 2.07. The Kier molecular flexibility index (Phi) is 9.33. The molecule has 0 amide bonds. The van der Waals surface area contributed by atoms with Crippen molar-refractivity contribution < 1.29 is 0 Å². The summed E-state index contributed by atoms with van der Waals surface area (Å²) in [6.07, 6.45) is 0. The van der Waals surface area contributed by atoms with E-state index in [0.717, 1.165) is 5.69 Å². The van der Waals surface area contributed by atoms with Crippen molar-refractivity contribution in [3.8, 4) is 44.5 Å². The zero-order chi connectivity index (χ0) is 47.9. The van der Waals surface area contributed by atoms with E-state index in [1.807, 2.05) is 0 Å². The lowest BCUT2D eigenvalue weighted by molar-refractivity contribution is 0.799. The van der Waals surface area contributed by atoms with Gasteiger partial charge < -0.3 is 9.80 Å². The largest absolute Gasteiger partial charge is 0.311 e. The van der Waals surface area contributed by atoms with Crippen molar-refractivity contribution in [1.82, 2.24) is 0 Å². The second-order valence-corrected chi connectivity index (χ2v) is 22.0. The first-order chi connectivity index (χ1) is 34.7. The van der Waals surface area contributed by atoms with Gasteiger partial charge in [0.25, 0.3) is 6.71 Å². The van der Waals surface area contributed by atoms with E-state index >= 15 is 0 Å². The van der Waals surface area contributed by atoms with E-state index in [4.69, 9.17) is 0 Å². The van der Waals surface area contributed by atoms with Gasteiger partial charge in [0.15, 0.2) is 0 Å². The van der Waals surface area contributed by atoms with Gasteiger partial charge in [-0.05, 0) is 151 Å². The highest BCUT2D eigenvalue weighted by Gasteiger charge is 2.57. The summed E-state index contributed by atoms with van der Waals surface area (Å²) in [5.41, 5.74) is 29.4. The third kappa shape index (κ3) is 5.95. The van der Waals surface area contributed by atoms with Crippen molar-refractivity contribution in [2.75, 3.05) is 9.80 Å². The van der Waals surface area contributed by atoms with Crippen LogP contribution in [0.4, 0.5) is 34.1 Å². The van der Waals surface area contributed by atoms with Gasteiger partial charge >= 0.3 is 0 Å². The molecule has 3 heterocycles. The van der Waals surface area contributed by atoms with Crippen LogP contribution in [0, 0.1) is 13.8 Å². The minimum absolute atomic E-state index is 0.0187. The van der Waals surface area contributed by atoms with Gasteiger partial charge in [-0.3, -0.25) is 0 Å². The number of fused-ring (bicyclic) bond motifs is 15. The number of aryl methyl sites for hydroxylation is 2. The molecule has 4 aliphatic rings. The van der Waals surface area contributed by atoms with Crippen LogP contribution in [-0.2, 0) is 5.41 Å². The molecule has 4 heteroatoms. The lowest BCUT2D eigenvalue weighted by Gasteiger charge is -2.43. The van der Waals surface area contributed by atoms with Crippen LogP contribution in [0.1, 0.15) is 83.4 Å². The van der Waals surface area contributed by atoms with Crippen LogP contribution in [0.3, 0.4) is 0 Å². The maximum absolute atomic E-state index is 2.66. The van der Waals surface area contributed by atoms with Crippen LogP contribution in [0.5, 0.6) is 0 Å². The van der Waals surface area contributed by atoms with E-state index in [2.05, 4.69) is 263 Å². The molecule has 340 valence electrons. The van der Waals surface area contributed by atoms with Crippen LogP contribution in [0.2, 0.25) is 0 Å². The zero-order valence-electron chi connectivity index (χ0n) is 41.1. The highest BCUT2D eigenvalue weighted by molar-refractivity contribution is 7.30. The fraction of sp³-hybridized carbons (Fsp3) is 0.134. The first kappa shape index (κ1) is 42.2. The Morgan fingerprint density at radius 2 is 1.03 bits per heavy atom. The van der Waals surface area contributed by atoms with Crippen LogP contribution in [-0.4, -0.2) is 6.71 Å². The smallest absolute Gasteiger partial charge is 0.264 e. The number of para-hydroxylation sites is 1. The van der Waals surface area contributed by atoms with E-state index in [9.17, 15) is 0 Å². The fourth-order valence-corrected chi connectivity index (χ4v) is 14.5. The molecule has 0 bridgehead atoms. The van der Waals surface area contributed by atoms with E-state index in [-0.39, 0.29) is 6.71 Å². The second kappa shape index (κ2) is 15.7. The lowest BCUT2D eigenvalue weighted by atomic mass is 9.36. The number of anilines is 6. The average molecular weight is 929 g/mol. The van der Waals surface area contributed by atoms with Crippen LogP contribution >= 0.6 is 11.3 Å². The molecule has 0 unspecified atom stereocenters. The molecule has 0 radical (unpaired) electrons. The lowest BCUT2D eigenvalue weighted by Crippen LogP contribution is -2.60. The molecule has 0 N–H and O–H groups in total. The molecule has 2 aliphatic heterocycles. The molecule has 2 nitrogen and oxygen atoms in total. The second-order valence-electron chi connectivity index (χ2n) is 20.9. The van der Waals surface area contributed by atoms with Crippen molar-refractivity contribution in [2.45, 2.75) is 58.8 Å². The molecule has 0 atom stereocenters. The number of thiophene rings is 1. The van der Waals surface area contributed by atoms with Gasteiger partial charge in [-0.2, -0.15) is 0 Å². The monoisotopic (exact) mass is 928 g/mol. The van der Waals surface area contributed by atoms with Crippen LogP contribution in [0.25, 0.3) is 44.5 Å². The number of hydrogen-bond donors (Lipinski definition) is 0.